The molecule has 1 unspecified atom stereocenters. The van der Waals surface area contributed by atoms with Gasteiger partial charge in [-0.25, -0.2) is 4.98 Å². The quantitative estimate of drug-likeness (QED) is 0.878. The van der Waals surface area contributed by atoms with Gasteiger partial charge in [-0.3, -0.25) is 9.59 Å². The first kappa shape index (κ1) is 13.1. The van der Waals surface area contributed by atoms with E-state index in [2.05, 4.69) is 9.97 Å². The number of thiophene rings is 1. The number of H-pyrrole nitrogens is 1. The van der Waals surface area contributed by atoms with Crippen LogP contribution in [0, 0.1) is 0 Å². The van der Waals surface area contributed by atoms with Crippen LogP contribution in [0.3, 0.4) is 0 Å². The first-order chi connectivity index (χ1) is 8.56. The van der Waals surface area contributed by atoms with Crippen LogP contribution < -0.4 is 5.56 Å². The highest BCUT2D eigenvalue weighted by molar-refractivity contribution is 7.99. The van der Waals surface area contributed by atoms with Gasteiger partial charge in [0.25, 0.3) is 5.56 Å². The van der Waals surface area contributed by atoms with Crippen LogP contribution in [-0.2, 0) is 10.5 Å². The van der Waals surface area contributed by atoms with Crippen molar-refractivity contribution in [1.82, 2.24) is 9.97 Å². The predicted octanol–water partition coefficient (Wildman–Crippen LogP) is 2.08. The maximum absolute atomic E-state index is 11.7. The Bertz CT molecular complexity index is 620. The number of hydrogen-bond acceptors (Lipinski definition) is 5. The highest BCUT2D eigenvalue weighted by atomic mass is 32.2. The minimum absolute atomic E-state index is 0.00836. The van der Waals surface area contributed by atoms with E-state index in [1.165, 1.54) is 23.1 Å². The molecule has 2 heterocycles. The van der Waals surface area contributed by atoms with E-state index >= 15 is 0 Å². The van der Waals surface area contributed by atoms with Gasteiger partial charge in [-0.05, 0) is 11.4 Å². The lowest BCUT2D eigenvalue weighted by atomic mass is 10.3. The molecule has 0 saturated carbocycles. The Kier molecular flexibility index (Phi) is 4.03. The molecule has 2 aromatic rings. The van der Waals surface area contributed by atoms with E-state index in [9.17, 15) is 9.59 Å². The molecular weight excluding hydrogens is 272 g/mol. The van der Waals surface area contributed by atoms with E-state index in [-0.39, 0.29) is 17.2 Å². The third-order valence-corrected chi connectivity index (χ3v) is 4.41. The molecule has 0 aliphatic carbocycles. The number of carboxylic acids is 1. The number of hydrogen-bond donors (Lipinski definition) is 2. The van der Waals surface area contributed by atoms with Gasteiger partial charge in [0.15, 0.2) is 0 Å². The smallest absolute Gasteiger partial charge is 0.304 e. The molecule has 0 aromatic carbocycles. The summed E-state index contributed by atoms with van der Waals surface area (Å²) in [5.74, 6) is 0.285. The highest BCUT2D eigenvalue weighted by Gasteiger charge is 2.10. The Balaban J connectivity index is 2.08. The van der Waals surface area contributed by atoms with Gasteiger partial charge >= 0.3 is 5.97 Å². The van der Waals surface area contributed by atoms with Crippen molar-refractivity contribution in [3.05, 3.63) is 27.6 Å². The van der Waals surface area contributed by atoms with E-state index in [0.29, 0.717) is 21.8 Å². The number of fused-ring (bicyclic) bond motifs is 1. The summed E-state index contributed by atoms with van der Waals surface area (Å²) in [6, 6.07) is 1.81. The van der Waals surface area contributed by atoms with Gasteiger partial charge in [0.05, 0.1) is 17.7 Å². The number of thioether (sulfide) groups is 1. The van der Waals surface area contributed by atoms with Gasteiger partial charge in [-0.1, -0.05) is 6.92 Å². The highest BCUT2D eigenvalue weighted by Crippen LogP contribution is 2.19. The Morgan fingerprint density at radius 2 is 2.44 bits per heavy atom. The van der Waals surface area contributed by atoms with Crippen LogP contribution in [0.4, 0.5) is 0 Å². The second kappa shape index (κ2) is 5.53. The Hall–Kier alpha value is -1.34. The van der Waals surface area contributed by atoms with Gasteiger partial charge in [0.1, 0.15) is 10.5 Å². The molecule has 5 nitrogen and oxygen atoms in total. The number of carboxylic acid groups (broad SMARTS) is 1. The molecule has 0 spiro atoms. The van der Waals surface area contributed by atoms with E-state index < -0.39 is 5.97 Å². The van der Waals surface area contributed by atoms with Crippen molar-refractivity contribution >= 4 is 39.3 Å². The van der Waals surface area contributed by atoms with Crippen molar-refractivity contribution in [2.45, 2.75) is 24.3 Å². The molecule has 2 aromatic heterocycles. The normalized spacial score (nSPS) is 12.7. The summed E-state index contributed by atoms with van der Waals surface area (Å²) in [6.07, 6.45) is 0.107. The third-order valence-electron chi connectivity index (χ3n) is 2.33. The fourth-order valence-corrected chi connectivity index (χ4v) is 3.08. The zero-order valence-corrected chi connectivity index (χ0v) is 11.3. The minimum Gasteiger partial charge on any atom is -0.481 e. The first-order valence-electron chi connectivity index (χ1n) is 5.36. The minimum atomic E-state index is -0.815. The molecule has 0 aliphatic rings. The molecule has 0 aliphatic heterocycles. The SMILES string of the molecule is CC(CC(=O)O)SCc1nc2ccsc2c(=O)[nH]1. The topological polar surface area (TPSA) is 83.0 Å². The largest absolute Gasteiger partial charge is 0.481 e. The van der Waals surface area contributed by atoms with Crippen LogP contribution in [0.1, 0.15) is 19.2 Å². The van der Waals surface area contributed by atoms with E-state index in [4.69, 9.17) is 5.11 Å². The molecule has 2 rings (SSSR count). The molecule has 96 valence electrons. The number of rotatable bonds is 5. The molecule has 2 N–H and O–H groups in total. The summed E-state index contributed by atoms with van der Waals surface area (Å²) < 4.78 is 0.627. The average Bonchev–Trinajstić information content (AvgIpc) is 2.74. The summed E-state index contributed by atoms with van der Waals surface area (Å²) in [5.41, 5.74) is 0.571. The van der Waals surface area contributed by atoms with Gasteiger partial charge < -0.3 is 10.1 Å². The molecule has 18 heavy (non-hydrogen) atoms. The standard InChI is InChI=1S/C11H12N2O3S2/c1-6(4-9(14)15)18-5-8-12-7-2-3-17-10(7)11(16)13-8/h2-3,6H,4-5H2,1H3,(H,14,15)(H,12,13,16). The van der Waals surface area contributed by atoms with Crippen LogP contribution in [0.5, 0.6) is 0 Å². The fraction of sp³-hybridized carbons (Fsp3) is 0.364. The van der Waals surface area contributed by atoms with Gasteiger partial charge in [-0.15, -0.1) is 11.3 Å². The Morgan fingerprint density at radius 1 is 1.67 bits per heavy atom. The lowest BCUT2D eigenvalue weighted by Crippen LogP contribution is -2.11. The van der Waals surface area contributed by atoms with Crippen LogP contribution in [0.15, 0.2) is 16.2 Å². The van der Waals surface area contributed by atoms with Crippen molar-refractivity contribution in [3.63, 3.8) is 0 Å². The Morgan fingerprint density at radius 3 is 3.17 bits per heavy atom. The lowest BCUT2D eigenvalue weighted by Gasteiger charge is -2.07. The van der Waals surface area contributed by atoms with E-state index in [1.807, 2.05) is 18.4 Å². The Labute approximate surface area is 111 Å². The molecule has 0 fully saturated rings. The summed E-state index contributed by atoms with van der Waals surface area (Å²) in [5, 5.41) is 10.5. The summed E-state index contributed by atoms with van der Waals surface area (Å²) in [4.78, 5) is 29.3. The maximum Gasteiger partial charge on any atom is 0.304 e. The number of aromatic nitrogens is 2. The fourth-order valence-electron chi connectivity index (χ4n) is 1.52. The van der Waals surface area contributed by atoms with Gasteiger partial charge in [0, 0.05) is 5.25 Å². The van der Waals surface area contributed by atoms with Crippen molar-refractivity contribution in [2.75, 3.05) is 0 Å². The second-order valence-electron chi connectivity index (χ2n) is 3.87. The molecule has 7 heteroatoms. The third kappa shape index (κ3) is 3.11. The van der Waals surface area contributed by atoms with Crippen LogP contribution in [-0.4, -0.2) is 26.3 Å². The number of aliphatic carboxylic acids is 1. The molecule has 0 radical (unpaired) electrons. The number of nitrogens with one attached hydrogen (secondary N) is 1. The number of aromatic amines is 1. The second-order valence-corrected chi connectivity index (χ2v) is 6.21. The summed E-state index contributed by atoms with van der Waals surface area (Å²) in [7, 11) is 0. The molecule has 0 bridgehead atoms. The zero-order valence-electron chi connectivity index (χ0n) is 9.67. The van der Waals surface area contributed by atoms with Crippen LogP contribution in [0.25, 0.3) is 10.2 Å². The number of carbonyl (C=O) groups is 1. The molecular formula is C11H12N2O3S2. The van der Waals surface area contributed by atoms with Crippen LogP contribution >= 0.6 is 23.1 Å². The first-order valence-corrected chi connectivity index (χ1v) is 7.29. The maximum atomic E-state index is 11.7. The monoisotopic (exact) mass is 284 g/mol. The lowest BCUT2D eigenvalue weighted by molar-refractivity contribution is -0.136. The number of nitrogens with zero attached hydrogens (tertiary/aromatic N) is 1. The van der Waals surface area contributed by atoms with Gasteiger partial charge in [-0.2, -0.15) is 11.8 Å². The van der Waals surface area contributed by atoms with E-state index in [1.54, 1.807) is 0 Å². The van der Waals surface area contributed by atoms with Crippen molar-refractivity contribution < 1.29 is 9.90 Å². The van der Waals surface area contributed by atoms with Crippen molar-refractivity contribution in [1.29, 1.82) is 0 Å². The van der Waals surface area contributed by atoms with Crippen LogP contribution in [0.2, 0.25) is 0 Å². The van der Waals surface area contributed by atoms with Gasteiger partial charge in [0.2, 0.25) is 0 Å². The zero-order chi connectivity index (χ0) is 13.1. The average molecular weight is 284 g/mol. The molecule has 0 amide bonds. The summed E-state index contributed by atoms with van der Waals surface area (Å²) in [6.45, 7) is 1.85. The molecule has 0 saturated heterocycles. The summed E-state index contributed by atoms with van der Waals surface area (Å²) >= 11 is 2.83. The van der Waals surface area contributed by atoms with E-state index in [0.717, 1.165) is 0 Å². The predicted molar refractivity (Wildman–Crippen MR) is 73.3 cm³/mol. The van der Waals surface area contributed by atoms with Crippen molar-refractivity contribution in [2.24, 2.45) is 0 Å². The molecule has 1 atom stereocenters. The van der Waals surface area contributed by atoms with Crippen molar-refractivity contribution in [3.8, 4) is 0 Å².